The largest absolute Gasteiger partial charge is 0.464 e. The zero-order valence-corrected chi connectivity index (χ0v) is 30.7. The molecule has 3 aromatic carbocycles. The SMILES string of the molecule is COC(=O)c1nc(N2CCc3cccc(C(=O)N(COCC[Si](C)(C)C)c4nc5ccccc5s4)c3C2)sc1CCCc1ccccc1. The number of para-hydroxylation sites is 1. The first-order valence-electron chi connectivity index (χ1n) is 16.4. The number of carbonyl (C=O) groups is 2. The minimum absolute atomic E-state index is 0.128. The van der Waals surface area contributed by atoms with Gasteiger partial charge in [0, 0.05) is 38.2 Å². The number of rotatable bonds is 13. The molecule has 0 aliphatic carbocycles. The Morgan fingerprint density at radius 2 is 1.73 bits per heavy atom. The van der Waals surface area contributed by atoms with Crippen molar-refractivity contribution in [2.75, 3.05) is 36.8 Å². The summed E-state index contributed by atoms with van der Waals surface area (Å²) in [6.07, 6.45) is 3.32. The Hall–Kier alpha value is -3.90. The van der Waals surface area contributed by atoms with Crippen LogP contribution >= 0.6 is 22.7 Å². The number of methoxy groups -OCH3 is 1. The second-order valence-electron chi connectivity index (χ2n) is 13.3. The molecule has 3 heterocycles. The van der Waals surface area contributed by atoms with Crippen molar-refractivity contribution in [1.82, 2.24) is 9.97 Å². The molecule has 8 nitrogen and oxygen atoms in total. The maximum atomic E-state index is 14.5. The van der Waals surface area contributed by atoms with E-state index in [0.717, 1.165) is 69.6 Å². The van der Waals surface area contributed by atoms with Crippen LogP contribution in [-0.4, -0.2) is 56.9 Å². The Kier molecular flexibility index (Phi) is 10.7. The Balaban J connectivity index is 1.25. The van der Waals surface area contributed by atoms with Crippen LogP contribution in [-0.2, 0) is 35.3 Å². The molecule has 0 saturated heterocycles. The predicted octanol–water partition coefficient (Wildman–Crippen LogP) is 8.24. The fourth-order valence-corrected chi connectivity index (χ4v) is 8.62. The standard InChI is InChI=1S/C37H42N4O4S2Si/c1-44-35(43)33-32(19-10-14-26-12-6-5-7-13-26)47-36(39-33)40-21-20-27-15-11-16-28(29(27)24-40)34(42)41(25-45-22-23-48(2,3)4)37-38-30-17-8-9-18-31(30)46-37/h5-9,11-13,15-18H,10,14,19-25H2,1-4H3. The van der Waals surface area contributed by atoms with Crippen molar-refractivity contribution < 1.29 is 19.1 Å². The number of aromatic nitrogens is 2. The molecule has 0 N–H and O–H groups in total. The van der Waals surface area contributed by atoms with Gasteiger partial charge in [0.1, 0.15) is 6.73 Å². The summed E-state index contributed by atoms with van der Waals surface area (Å²) in [6, 6.07) is 25.3. The third-order valence-corrected chi connectivity index (χ3v) is 12.5. The van der Waals surface area contributed by atoms with Crippen LogP contribution in [0, 0.1) is 0 Å². The summed E-state index contributed by atoms with van der Waals surface area (Å²) < 4.78 is 12.3. The first-order valence-corrected chi connectivity index (χ1v) is 21.8. The molecular weight excluding hydrogens is 657 g/mol. The fourth-order valence-electron chi connectivity index (χ4n) is 5.80. The third-order valence-electron chi connectivity index (χ3n) is 8.53. The highest BCUT2D eigenvalue weighted by molar-refractivity contribution is 7.22. The van der Waals surface area contributed by atoms with Gasteiger partial charge in [-0.25, -0.2) is 14.8 Å². The molecule has 0 radical (unpaired) electrons. The van der Waals surface area contributed by atoms with Gasteiger partial charge < -0.3 is 14.4 Å². The smallest absolute Gasteiger partial charge is 0.357 e. The molecule has 1 aliphatic rings. The quantitative estimate of drug-likeness (QED) is 0.0530. The van der Waals surface area contributed by atoms with Gasteiger partial charge in [0.25, 0.3) is 5.91 Å². The number of thiazole rings is 2. The average Bonchev–Trinajstić information content (AvgIpc) is 3.72. The number of carbonyl (C=O) groups excluding carboxylic acids is 2. The molecule has 1 amide bonds. The second-order valence-corrected chi connectivity index (χ2v) is 21.0. The van der Waals surface area contributed by atoms with E-state index in [2.05, 4.69) is 42.7 Å². The van der Waals surface area contributed by atoms with Crippen LogP contribution in [0.25, 0.3) is 10.2 Å². The molecule has 6 rings (SSSR count). The number of fused-ring (bicyclic) bond motifs is 2. The summed E-state index contributed by atoms with van der Waals surface area (Å²) in [5, 5.41) is 1.40. The van der Waals surface area contributed by atoms with Crippen LogP contribution in [0.5, 0.6) is 0 Å². The van der Waals surface area contributed by atoms with Crippen LogP contribution in [0.2, 0.25) is 25.7 Å². The Bertz CT molecular complexity index is 1850. The molecule has 0 spiro atoms. The number of anilines is 2. The molecule has 0 atom stereocenters. The predicted molar refractivity (Wildman–Crippen MR) is 199 cm³/mol. The summed E-state index contributed by atoms with van der Waals surface area (Å²) in [5.41, 5.74) is 5.28. The van der Waals surface area contributed by atoms with Crippen LogP contribution in [0.1, 0.15) is 48.8 Å². The molecule has 5 aromatic rings. The van der Waals surface area contributed by atoms with Crippen LogP contribution in [0.4, 0.5) is 10.3 Å². The van der Waals surface area contributed by atoms with Crippen molar-refractivity contribution in [3.8, 4) is 0 Å². The maximum absolute atomic E-state index is 14.5. The molecule has 0 bridgehead atoms. The van der Waals surface area contributed by atoms with E-state index in [1.165, 1.54) is 24.0 Å². The van der Waals surface area contributed by atoms with Gasteiger partial charge in [0.2, 0.25) is 0 Å². The molecule has 2 aromatic heterocycles. The molecule has 11 heteroatoms. The van der Waals surface area contributed by atoms with E-state index in [4.69, 9.17) is 19.4 Å². The summed E-state index contributed by atoms with van der Waals surface area (Å²) in [5.74, 6) is -0.544. The van der Waals surface area contributed by atoms with Gasteiger partial charge in [-0.3, -0.25) is 9.69 Å². The van der Waals surface area contributed by atoms with Crippen LogP contribution in [0.3, 0.4) is 0 Å². The number of nitrogens with zero attached hydrogens (tertiary/aromatic N) is 4. The van der Waals surface area contributed by atoms with E-state index in [-0.39, 0.29) is 12.6 Å². The topological polar surface area (TPSA) is 84.9 Å². The van der Waals surface area contributed by atoms with Gasteiger partial charge in [0.15, 0.2) is 16.0 Å². The van der Waals surface area contributed by atoms with E-state index < -0.39 is 14.0 Å². The number of esters is 1. The fraction of sp³-hybridized carbons (Fsp3) is 0.351. The summed E-state index contributed by atoms with van der Waals surface area (Å²) in [6.45, 7) is 8.95. The number of benzene rings is 3. The molecule has 250 valence electrons. The molecule has 0 unspecified atom stereocenters. The number of hydrogen-bond acceptors (Lipinski definition) is 9. The zero-order chi connectivity index (χ0) is 33.7. The van der Waals surface area contributed by atoms with Crippen molar-refractivity contribution in [3.63, 3.8) is 0 Å². The van der Waals surface area contributed by atoms with Crippen LogP contribution < -0.4 is 9.80 Å². The minimum Gasteiger partial charge on any atom is -0.464 e. The zero-order valence-electron chi connectivity index (χ0n) is 28.0. The van der Waals surface area contributed by atoms with Crippen LogP contribution in [0.15, 0.2) is 72.8 Å². The highest BCUT2D eigenvalue weighted by Gasteiger charge is 2.30. The highest BCUT2D eigenvalue weighted by Crippen LogP contribution is 2.35. The maximum Gasteiger partial charge on any atom is 0.357 e. The highest BCUT2D eigenvalue weighted by atomic mass is 32.1. The lowest BCUT2D eigenvalue weighted by Gasteiger charge is -2.31. The van der Waals surface area contributed by atoms with E-state index in [9.17, 15) is 9.59 Å². The minimum atomic E-state index is -1.30. The molecule has 1 aliphatic heterocycles. The normalized spacial score (nSPS) is 13.0. The van der Waals surface area contributed by atoms with Gasteiger partial charge in [-0.1, -0.05) is 85.6 Å². The van der Waals surface area contributed by atoms with E-state index in [0.29, 0.717) is 29.5 Å². The third kappa shape index (κ3) is 8.03. The Morgan fingerprint density at radius 1 is 0.938 bits per heavy atom. The van der Waals surface area contributed by atoms with Gasteiger partial charge >= 0.3 is 5.97 Å². The number of amides is 1. The number of hydrogen-bond donors (Lipinski definition) is 0. The van der Waals surface area contributed by atoms with E-state index in [1.807, 2.05) is 54.6 Å². The molecule has 0 saturated carbocycles. The lowest BCUT2D eigenvalue weighted by molar-refractivity contribution is 0.0593. The van der Waals surface area contributed by atoms with Gasteiger partial charge in [-0.15, -0.1) is 11.3 Å². The van der Waals surface area contributed by atoms with Crippen molar-refractivity contribution in [1.29, 1.82) is 0 Å². The van der Waals surface area contributed by atoms with Crippen molar-refractivity contribution >= 4 is 63.1 Å². The van der Waals surface area contributed by atoms with E-state index in [1.54, 1.807) is 16.2 Å². The molecule has 48 heavy (non-hydrogen) atoms. The second kappa shape index (κ2) is 15.1. The number of aryl methyl sites for hydroxylation is 2. The van der Waals surface area contributed by atoms with Gasteiger partial charge in [-0.05, 0) is 66.6 Å². The van der Waals surface area contributed by atoms with Crippen molar-refractivity contribution in [3.05, 3.63) is 106 Å². The van der Waals surface area contributed by atoms with Crippen molar-refractivity contribution in [2.45, 2.75) is 57.9 Å². The Morgan fingerprint density at radius 3 is 2.50 bits per heavy atom. The van der Waals surface area contributed by atoms with Gasteiger partial charge in [0.05, 0.1) is 17.3 Å². The lowest BCUT2D eigenvalue weighted by Crippen LogP contribution is -2.37. The summed E-state index contributed by atoms with van der Waals surface area (Å²) in [7, 11) is 0.0970. The van der Waals surface area contributed by atoms with Gasteiger partial charge in [-0.2, -0.15) is 0 Å². The first kappa shape index (κ1) is 34.0. The molecular formula is C37H42N4O4S2Si. The molecule has 0 fully saturated rings. The van der Waals surface area contributed by atoms with E-state index >= 15 is 0 Å². The number of ether oxygens (including phenoxy) is 2. The summed E-state index contributed by atoms with van der Waals surface area (Å²) >= 11 is 3.05. The lowest BCUT2D eigenvalue weighted by atomic mass is 9.94. The average molecular weight is 699 g/mol. The summed E-state index contributed by atoms with van der Waals surface area (Å²) in [4.78, 5) is 41.7. The first-order chi connectivity index (χ1) is 23.2. The monoisotopic (exact) mass is 698 g/mol. The Labute approximate surface area is 291 Å². The van der Waals surface area contributed by atoms with Crippen molar-refractivity contribution in [2.24, 2.45) is 0 Å².